The summed E-state index contributed by atoms with van der Waals surface area (Å²) in [5.74, 6) is -0.420. The zero-order valence-electron chi connectivity index (χ0n) is 14.2. The van der Waals surface area contributed by atoms with Crippen LogP contribution in [0.25, 0.3) is 22.0 Å². The number of H-pyrrole nitrogens is 1. The maximum absolute atomic E-state index is 12.2. The van der Waals surface area contributed by atoms with Crippen LogP contribution in [0.1, 0.15) is 10.7 Å². The quantitative estimate of drug-likeness (QED) is 0.539. The number of aromatic nitrogens is 3. The molecule has 7 heteroatoms. The van der Waals surface area contributed by atoms with Gasteiger partial charge in [0.1, 0.15) is 11.6 Å². The number of ether oxygens (including phenoxy) is 1. The maximum Gasteiger partial charge on any atom is 0.312 e. The Morgan fingerprint density at radius 3 is 2.59 bits per heavy atom. The van der Waals surface area contributed by atoms with Gasteiger partial charge in [0, 0.05) is 16.3 Å². The van der Waals surface area contributed by atoms with E-state index < -0.39 is 5.97 Å². The monoisotopic (exact) mass is 377 g/mol. The maximum atomic E-state index is 12.2. The fraction of sp³-hybridized carbons (Fsp3) is 0.100. The average molecular weight is 377 g/mol. The van der Waals surface area contributed by atoms with Crippen molar-refractivity contribution in [1.82, 2.24) is 15.2 Å². The Morgan fingerprint density at radius 2 is 1.78 bits per heavy atom. The molecule has 4 aromatic rings. The smallest absolute Gasteiger partial charge is 0.312 e. The molecule has 0 radical (unpaired) electrons. The fourth-order valence-corrected chi connectivity index (χ4v) is 3.47. The minimum Gasteiger partial charge on any atom is -0.458 e. The number of esters is 1. The van der Waals surface area contributed by atoms with Gasteiger partial charge in [-0.25, -0.2) is 10.1 Å². The molecule has 0 unspecified atom stereocenters. The summed E-state index contributed by atoms with van der Waals surface area (Å²) in [6.45, 7) is 0.109. The van der Waals surface area contributed by atoms with Gasteiger partial charge in [-0.15, -0.1) is 11.3 Å². The van der Waals surface area contributed by atoms with Gasteiger partial charge in [0.25, 0.3) is 5.56 Å². The van der Waals surface area contributed by atoms with E-state index in [0.29, 0.717) is 16.5 Å². The molecule has 2 heterocycles. The molecule has 0 saturated heterocycles. The van der Waals surface area contributed by atoms with Crippen LogP contribution in [0.2, 0.25) is 0 Å². The van der Waals surface area contributed by atoms with E-state index in [9.17, 15) is 9.59 Å². The zero-order chi connectivity index (χ0) is 18.6. The van der Waals surface area contributed by atoms with E-state index >= 15 is 0 Å². The molecule has 0 amide bonds. The highest BCUT2D eigenvalue weighted by Crippen LogP contribution is 2.22. The molecule has 4 rings (SSSR count). The number of fused-ring (bicyclic) bond motifs is 1. The standard InChI is InChI=1S/C20H15N3O3S/c24-19(10-16-14-8-4-5-9-15(14)20(25)23-22-16)26-11-18-21-17(12-27-18)13-6-2-1-3-7-13/h1-9,12H,10-11H2,(H,23,25). The van der Waals surface area contributed by atoms with Crippen molar-refractivity contribution in [2.45, 2.75) is 13.0 Å². The van der Waals surface area contributed by atoms with Gasteiger partial charge in [0.2, 0.25) is 0 Å². The molecule has 0 aliphatic rings. The van der Waals surface area contributed by atoms with Crippen LogP contribution >= 0.6 is 11.3 Å². The van der Waals surface area contributed by atoms with Crippen LogP contribution in [0, 0.1) is 0 Å². The minimum atomic E-state index is -0.420. The molecular formula is C20H15N3O3S. The summed E-state index contributed by atoms with van der Waals surface area (Å²) in [5.41, 5.74) is 2.09. The molecule has 0 aliphatic carbocycles. The van der Waals surface area contributed by atoms with Crippen molar-refractivity contribution in [3.8, 4) is 11.3 Å². The molecule has 6 nitrogen and oxygen atoms in total. The van der Waals surface area contributed by atoms with Crippen molar-refractivity contribution in [2.24, 2.45) is 0 Å². The number of hydrogen-bond acceptors (Lipinski definition) is 6. The van der Waals surface area contributed by atoms with Crippen LogP contribution in [0.3, 0.4) is 0 Å². The topological polar surface area (TPSA) is 84.9 Å². The number of hydrogen-bond donors (Lipinski definition) is 1. The molecule has 2 aromatic heterocycles. The molecule has 27 heavy (non-hydrogen) atoms. The molecule has 0 saturated carbocycles. The molecular weight excluding hydrogens is 362 g/mol. The Kier molecular flexibility index (Phi) is 4.76. The van der Waals surface area contributed by atoms with Crippen LogP contribution in [0.4, 0.5) is 0 Å². The lowest BCUT2D eigenvalue weighted by atomic mass is 10.1. The predicted molar refractivity (Wildman–Crippen MR) is 103 cm³/mol. The third-order valence-electron chi connectivity index (χ3n) is 4.06. The van der Waals surface area contributed by atoms with E-state index in [-0.39, 0.29) is 18.6 Å². The summed E-state index contributed by atoms with van der Waals surface area (Å²) in [7, 11) is 0. The Labute approximate surface area is 158 Å². The number of carbonyl (C=O) groups excluding carboxylic acids is 1. The Bertz CT molecular complexity index is 1150. The lowest BCUT2D eigenvalue weighted by molar-refractivity contribution is -0.144. The van der Waals surface area contributed by atoms with E-state index in [4.69, 9.17) is 4.74 Å². The van der Waals surface area contributed by atoms with E-state index in [1.165, 1.54) is 11.3 Å². The third-order valence-corrected chi connectivity index (χ3v) is 4.89. The zero-order valence-corrected chi connectivity index (χ0v) is 15.0. The van der Waals surface area contributed by atoms with Crippen LogP contribution in [-0.4, -0.2) is 21.2 Å². The van der Waals surface area contributed by atoms with Crippen LogP contribution < -0.4 is 5.56 Å². The van der Waals surface area contributed by atoms with Crippen molar-refractivity contribution in [1.29, 1.82) is 0 Å². The number of carbonyl (C=O) groups is 1. The van der Waals surface area contributed by atoms with E-state index in [2.05, 4.69) is 15.2 Å². The molecule has 0 bridgehead atoms. The van der Waals surface area contributed by atoms with Gasteiger partial charge in [0.15, 0.2) is 0 Å². The average Bonchev–Trinajstić information content (AvgIpc) is 3.19. The summed E-state index contributed by atoms with van der Waals surface area (Å²) in [4.78, 5) is 28.5. The fourth-order valence-electron chi connectivity index (χ4n) is 2.75. The summed E-state index contributed by atoms with van der Waals surface area (Å²) in [6.07, 6.45) is -0.0196. The van der Waals surface area contributed by atoms with Crippen LogP contribution in [0.15, 0.2) is 64.8 Å². The summed E-state index contributed by atoms with van der Waals surface area (Å²) < 4.78 is 5.34. The molecule has 1 N–H and O–H groups in total. The highest BCUT2D eigenvalue weighted by atomic mass is 32.1. The number of rotatable bonds is 5. The summed E-state index contributed by atoms with van der Waals surface area (Å²) in [5, 5.41) is 10.2. The minimum absolute atomic E-state index is 0.0196. The van der Waals surface area contributed by atoms with Gasteiger partial charge in [-0.2, -0.15) is 5.10 Å². The van der Waals surface area contributed by atoms with Crippen molar-refractivity contribution >= 4 is 28.1 Å². The first-order valence-electron chi connectivity index (χ1n) is 8.32. The van der Waals surface area contributed by atoms with Gasteiger partial charge in [0.05, 0.1) is 23.2 Å². The molecule has 134 valence electrons. The van der Waals surface area contributed by atoms with Crippen LogP contribution in [-0.2, 0) is 22.6 Å². The Morgan fingerprint density at radius 1 is 1.04 bits per heavy atom. The van der Waals surface area contributed by atoms with E-state index in [1.54, 1.807) is 24.3 Å². The number of aromatic amines is 1. The largest absolute Gasteiger partial charge is 0.458 e. The van der Waals surface area contributed by atoms with Crippen LogP contribution in [0.5, 0.6) is 0 Å². The normalized spacial score (nSPS) is 10.8. The van der Waals surface area contributed by atoms with Gasteiger partial charge in [-0.3, -0.25) is 9.59 Å². The Balaban J connectivity index is 1.43. The number of nitrogens with one attached hydrogen (secondary N) is 1. The molecule has 0 spiro atoms. The predicted octanol–water partition coefficient (Wildman–Crippen LogP) is 3.33. The Hall–Kier alpha value is -3.32. The van der Waals surface area contributed by atoms with Crippen molar-refractivity contribution < 1.29 is 9.53 Å². The first-order chi connectivity index (χ1) is 13.2. The molecule has 0 atom stereocenters. The lowest BCUT2D eigenvalue weighted by Gasteiger charge is -2.05. The molecule has 2 aromatic carbocycles. The van der Waals surface area contributed by atoms with Crippen molar-refractivity contribution in [3.63, 3.8) is 0 Å². The second-order valence-corrected chi connectivity index (χ2v) is 6.82. The first kappa shape index (κ1) is 17.1. The van der Waals surface area contributed by atoms with Crippen molar-refractivity contribution in [3.05, 3.63) is 81.0 Å². The van der Waals surface area contributed by atoms with Gasteiger partial charge in [-0.1, -0.05) is 48.5 Å². The van der Waals surface area contributed by atoms with Gasteiger partial charge < -0.3 is 4.74 Å². The number of nitrogens with zero attached hydrogens (tertiary/aromatic N) is 2. The first-order valence-corrected chi connectivity index (χ1v) is 9.20. The van der Waals surface area contributed by atoms with E-state index in [1.807, 2.05) is 35.7 Å². The molecule has 0 aliphatic heterocycles. The molecule has 0 fully saturated rings. The number of benzene rings is 2. The second kappa shape index (κ2) is 7.51. The van der Waals surface area contributed by atoms with E-state index in [0.717, 1.165) is 16.3 Å². The second-order valence-electron chi connectivity index (χ2n) is 5.87. The highest BCUT2D eigenvalue weighted by molar-refractivity contribution is 7.09. The third kappa shape index (κ3) is 3.78. The lowest BCUT2D eigenvalue weighted by Crippen LogP contribution is -2.15. The van der Waals surface area contributed by atoms with Gasteiger partial charge >= 0.3 is 5.97 Å². The van der Waals surface area contributed by atoms with Crippen molar-refractivity contribution in [2.75, 3.05) is 0 Å². The summed E-state index contributed by atoms with van der Waals surface area (Å²) in [6, 6.07) is 16.9. The SMILES string of the molecule is O=C(Cc1n[nH]c(=O)c2ccccc12)OCc1nc(-c2ccccc2)cs1. The summed E-state index contributed by atoms with van der Waals surface area (Å²) >= 11 is 1.45. The van der Waals surface area contributed by atoms with Gasteiger partial charge in [-0.05, 0) is 6.07 Å². The number of thiazole rings is 1. The highest BCUT2D eigenvalue weighted by Gasteiger charge is 2.13.